The molecule has 1 aromatic rings. The van der Waals surface area contributed by atoms with Crippen LogP contribution in [0.4, 0.5) is 0 Å². The van der Waals surface area contributed by atoms with E-state index in [1.165, 1.54) is 30.8 Å². The van der Waals surface area contributed by atoms with Crippen LogP contribution in [0.2, 0.25) is 0 Å². The summed E-state index contributed by atoms with van der Waals surface area (Å²) in [5, 5.41) is 8.03. The van der Waals surface area contributed by atoms with Crippen molar-refractivity contribution in [3.05, 3.63) is 15.6 Å². The normalized spacial score (nSPS) is 19.9. The van der Waals surface area contributed by atoms with E-state index in [4.69, 9.17) is 4.99 Å². The van der Waals surface area contributed by atoms with Crippen LogP contribution >= 0.6 is 11.3 Å². The van der Waals surface area contributed by atoms with E-state index >= 15 is 0 Å². The van der Waals surface area contributed by atoms with E-state index in [-0.39, 0.29) is 5.54 Å². The Hall–Kier alpha value is -1.14. The number of aryl methyl sites for hydroxylation is 2. The van der Waals surface area contributed by atoms with Crippen LogP contribution in [0.5, 0.6) is 0 Å². The lowest BCUT2D eigenvalue weighted by Gasteiger charge is -2.43. The van der Waals surface area contributed by atoms with Crippen LogP contribution in [0.3, 0.4) is 0 Å². The first kappa shape index (κ1) is 20.2. The molecule has 142 valence electrons. The minimum atomic E-state index is 0.127. The molecule has 0 amide bonds. The topological polar surface area (TPSA) is 52.6 Å². The number of thiazole rings is 1. The summed E-state index contributed by atoms with van der Waals surface area (Å²) in [6.45, 7) is 18.1. The van der Waals surface area contributed by atoms with E-state index in [1.54, 1.807) is 11.3 Å². The molecule has 0 aliphatic carbocycles. The van der Waals surface area contributed by atoms with Crippen molar-refractivity contribution in [3.63, 3.8) is 0 Å². The summed E-state index contributed by atoms with van der Waals surface area (Å²) in [7, 11) is 0. The Morgan fingerprint density at radius 2 is 2.12 bits per heavy atom. The highest BCUT2D eigenvalue weighted by Gasteiger charge is 2.30. The molecule has 1 atom stereocenters. The fourth-order valence-electron chi connectivity index (χ4n) is 3.36. The molecule has 1 unspecified atom stereocenters. The first-order valence-corrected chi connectivity index (χ1v) is 10.3. The molecule has 5 nitrogen and oxygen atoms in total. The monoisotopic (exact) mass is 365 g/mol. The van der Waals surface area contributed by atoms with E-state index in [0.29, 0.717) is 6.54 Å². The molecule has 6 heteroatoms. The number of guanidine groups is 1. The Balaban J connectivity index is 1.95. The van der Waals surface area contributed by atoms with E-state index in [1.807, 2.05) is 0 Å². The molecular formula is C19H35N5S. The predicted molar refractivity (Wildman–Crippen MR) is 108 cm³/mol. The Bertz CT molecular complexity index is 578. The molecule has 1 aliphatic heterocycles. The molecule has 25 heavy (non-hydrogen) atoms. The fraction of sp³-hybridized carbons (Fsp3) is 0.789. The first-order valence-electron chi connectivity index (χ1n) is 9.52. The zero-order chi connectivity index (χ0) is 18.4. The summed E-state index contributed by atoms with van der Waals surface area (Å²) in [6, 6.07) is 0. The van der Waals surface area contributed by atoms with Crippen LogP contribution in [0, 0.1) is 19.8 Å². The Kier molecular flexibility index (Phi) is 7.25. The molecule has 2 N–H and O–H groups in total. The van der Waals surface area contributed by atoms with Gasteiger partial charge in [-0.25, -0.2) is 9.98 Å². The summed E-state index contributed by atoms with van der Waals surface area (Å²) in [5.74, 6) is 1.69. The molecule has 1 aliphatic rings. The lowest BCUT2D eigenvalue weighted by molar-refractivity contribution is 0.0739. The molecule has 1 aromatic heterocycles. The van der Waals surface area contributed by atoms with Crippen molar-refractivity contribution in [3.8, 4) is 0 Å². The molecule has 0 spiro atoms. The SMILES string of the molecule is CCNC(=NCc1sc(C)nc1C)NCC(C)(C)N1CCCC(C)C1. The number of nitrogens with one attached hydrogen (secondary N) is 2. The van der Waals surface area contributed by atoms with Crippen molar-refractivity contribution < 1.29 is 0 Å². The summed E-state index contributed by atoms with van der Waals surface area (Å²) in [6.07, 6.45) is 2.67. The van der Waals surface area contributed by atoms with Crippen LogP contribution in [0.25, 0.3) is 0 Å². The van der Waals surface area contributed by atoms with Gasteiger partial charge in [0.2, 0.25) is 0 Å². The number of hydrogen-bond donors (Lipinski definition) is 2. The smallest absolute Gasteiger partial charge is 0.191 e. The van der Waals surface area contributed by atoms with Gasteiger partial charge >= 0.3 is 0 Å². The lowest BCUT2D eigenvalue weighted by Crippen LogP contribution is -2.55. The van der Waals surface area contributed by atoms with Crippen LogP contribution in [0.15, 0.2) is 4.99 Å². The highest BCUT2D eigenvalue weighted by molar-refractivity contribution is 7.11. The molecule has 1 fully saturated rings. The van der Waals surface area contributed by atoms with Crippen molar-refractivity contribution in [1.29, 1.82) is 0 Å². The second kappa shape index (κ2) is 8.99. The van der Waals surface area contributed by atoms with Gasteiger partial charge in [-0.15, -0.1) is 11.3 Å². The van der Waals surface area contributed by atoms with Gasteiger partial charge < -0.3 is 10.6 Å². The summed E-state index contributed by atoms with van der Waals surface area (Å²) < 4.78 is 0. The Morgan fingerprint density at radius 3 is 2.72 bits per heavy atom. The second-order valence-corrected chi connectivity index (χ2v) is 9.08. The Morgan fingerprint density at radius 1 is 1.36 bits per heavy atom. The molecule has 0 bridgehead atoms. The van der Waals surface area contributed by atoms with Crippen molar-refractivity contribution in [2.75, 3.05) is 26.2 Å². The highest BCUT2D eigenvalue weighted by Crippen LogP contribution is 2.23. The van der Waals surface area contributed by atoms with Crippen LogP contribution in [-0.4, -0.2) is 47.6 Å². The van der Waals surface area contributed by atoms with Crippen LogP contribution < -0.4 is 10.6 Å². The average Bonchev–Trinajstić information content (AvgIpc) is 2.88. The van der Waals surface area contributed by atoms with Gasteiger partial charge in [0.15, 0.2) is 5.96 Å². The van der Waals surface area contributed by atoms with Crippen LogP contribution in [-0.2, 0) is 6.54 Å². The van der Waals surface area contributed by atoms with Gasteiger partial charge in [-0.2, -0.15) is 0 Å². The quantitative estimate of drug-likeness (QED) is 0.600. The number of aromatic nitrogens is 1. The molecule has 1 saturated heterocycles. The third-order valence-electron chi connectivity index (χ3n) is 4.93. The summed E-state index contributed by atoms with van der Waals surface area (Å²) in [4.78, 5) is 13.1. The third-order valence-corrected chi connectivity index (χ3v) is 5.98. The second-order valence-electron chi connectivity index (χ2n) is 7.80. The maximum absolute atomic E-state index is 4.77. The van der Waals surface area contributed by atoms with Gasteiger partial charge in [-0.05, 0) is 59.9 Å². The summed E-state index contributed by atoms with van der Waals surface area (Å²) in [5.41, 5.74) is 1.23. The zero-order valence-corrected chi connectivity index (χ0v) is 17.6. The number of nitrogens with zero attached hydrogens (tertiary/aromatic N) is 3. The molecule has 2 heterocycles. The highest BCUT2D eigenvalue weighted by atomic mass is 32.1. The van der Waals surface area contributed by atoms with Crippen LogP contribution in [0.1, 0.15) is 56.1 Å². The van der Waals surface area contributed by atoms with Gasteiger partial charge in [0.1, 0.15) is 0 Å². The molecular weight excluding hydrogens is 330 g/mol. The van der Waals surface area contributed by atoms with Gasteiger partial charge in [0.25, 0.3) is 0 Å². The minimum Gasteiger partial charge on any atom is -0.357 e. The maximum atomic E-state index is 4.77. The van der Waals surface area contributed by atoms with Crippen molar-refractivity contribution >= 4 is 17.3 Å². The molecule has 0 saturated carbocycles. The van der Waals surface area contributed by atoms with Gasteiger partial charge in [0, 0.05) is 30.1 Å². The summed E-state index contributed by atoms with van der Waals surface area (Å²) >= 11 is 1.74. The van der Waals surface area contributed by atoms with Gasteiger partial charge in [0.05, 0.1) is 17.2 Å². The molecule has 0 radical (unpaired) electrons. The van der Waals surface area contributed by atoms with Gasteiger partial charge in [-0.1, -0.05) is 6.92 Å². The average molecular weight is 366 g/mol. The maximum Gasteiger partial charge on any atom is 0.191 e. The molecule has 0 aromatic carbocycles. The van der Waals surface area contributed by atoms with Crippen molar-refractivity contribution in [1.82, 2.24) is 20.5 Å². The largest absolute Gasteiger partial charge is 0.357 e. The van der Waals surface area contributed by atoms with E-state index in [0.717, 1.165) is 35.7 Å². The van der Waals surface area contributed by atoms with Crippen molar-refractivity contribution in [2.24, 2.45) is 10.9 Å². The van der Waals surface area contributed by atoms with Gasteiger partial charge in [-0.3, -0.25) is 4.90 Å². The number of aliphatic imine (C=N–C) groups is 1. The minimum absolute atomic E-state index is 0.127. The standard InChI is InChI=1S/C19H35N5S/c1-7-20-18(21-11-17-15(3)23-16(4)25-17)22-13-19(5,6)24-10-8-9-14(2)12-24/h14H,7-13H2,1-6H3,(H2,20,21,22). The number of likely N-dealkylation sites (tertiary alicyclic amines) is 1. The number of rotatable bonds is 6. The third kappa shape index (κ3) is 5.96. The Labute approximate surface area is 157 Å². The fourth-order valence-corrected chi connectivity index (χ4v) is 4.23. The number of hydrogen-bond acceptors (Lipinski definition) is 4. The zero-order valence-electron chi connectivity index (χ0n) is 16.8. The molecule has 2 rings (SSSR count). The lowest BCUT2D eigenvalue weighted by atomic mass is 9.93. The predicted octanol–water partition coefficient (Wildman–Crippen LogP) is 3.33. The van der Waals surface area contributed by atoms with E-state index in [9.17, 15) is 0 Å². The first-order chi connectivity index (χ1) is 11.8. The van der Waals surface area contributed by atoms with E-state index in [2.05, 4.69) is 62.1 Å². The number of piperidine rings is 1. The van der Waals surface area contributed by atoms with Crippen molar-refractivity contribution in [2.45, 2.75) is 66.5 Å². The van der Waals surface area contributed by atoms with E-state index < -0.39 is 0 Å².